The van der Waals surface area contributed by atoms with Gasteiger partial charge in [-0.05, 0) is 26.0 Å². The Morgan fingerprint density at radius 3 is 2.04 bits per heavy atom. The summed E-state index contributed by atoms with van der Waals surface area (Å²) in [5.41, 5.74) is 0. The molecule has 9 nitrogen and oxygen atoms in total. The molecular weight excluding hydrogens is 372 g/mol. The van der Waals surface area contributed by atoms with E-state index in [0.717, 1.165) is 6.08 Å². The van der Waals surface area contributed by atoms with Crippen molar-refractivity contribution >= 4 is 11.9 Å². The monoisotopic (exact) mass is 402 g/mol. The Morgan fingerprint density at radius 2 is 1.50 bits per heavy atom. The number of carbonyl (C=O) groups excluding carboxylic acids is 2. The van der Waals surface area contributed by atoms with E-state index in [9.17, 15) is 14.7 Å². The van der Waals surface area contributed by atoms with Crippen LogP contribution in [0.5, 0.6) is 0 Å². The smallest absolute Gasteiger partial charge is 0.330 e. The van der Waals surface area contributed by atoms with Gasteiger partial charge in [0.25, 0.3) is 0 Å². The van der Waals surface area contributed by atoms with Gasteiger partial charge < -0.3 is 33.5 Å². The van der Waals surface area contributed by atoms with Crippen LogP contribution in [0.2, 0.25) is 0 Å². The molecule has 0 rings (SSSR count). The fourth-order valence-corrected chi connectivity index (χ4v) is 1.82. The van der Waals surface area contributed by atoms with Crippen LogP contribution in [0.25, 0.3) is 0 Å². The number of esters is 2. The standard InChI is InChI=1S/C19H30O9/c1-6-11-25-18(21)9-8-17(27-13-24-5)15(3)28-19(22)10-7-16(14(2)20)26-12-23-4/h6-10,14-17,20H,1,11-13H2,2-5H3/b9-8+,10-7+/t14-,15-,16+,17+/m0/s1. The van der Waals surface area contributed by atoms with Crippen molar-refractivity contribution in [2.75, 3.05) is 34.4 Å². The first-order valence-corrected chi connectivity index (χ1v) is 8.59. The number of rotatable bonds is 15. The molecule has 0 amide bonds. The molecule has 0 unspecified atom stereocenters. The molecule has 0 aliphatic carbocycles. The maximum absolute atomic E-state index is 12.0. The zero-order chi connectivity index (χ0) is 21.4. The van der Waals surface area contributed by atoms with E-state index in [1.54, 1.807) is 6.92 Å². The van der Waals surface area contributed by atoms with E-state index in [2.05, 4.69) is 6.58 Å². The molecule has 0 radical (unpaired) electrons. The molecule has 0 aliphatic heterocycles. The van der Waals surface area contributed by atoms with Crippen LogP contribution in [-0.4, -0.2) is 75.9 Å². The Hall–Kier alpha value is -2.04. The fourth-order valence-electron chi connectivity index (χ4n) is 1.82. The number of aliphatic hydroxyl groups excluding tert-OH is 1. The summed E-state index contributed by atoms with van der Waals surface area (Å²) in [6.45, 7) is 6.54. The minimum atomic E-state index is -0.848. The molecular formula is C19H30O9. The molecule has 1 N–H and O–H groups in total. The molecule has 0 aliphatic rings. The Labute approximate surface area is 165 Å². The van der Waals surface area contributed by atoms with Gasteiger partial charge in [-0.3, -0.25) is 0 Å². The minimum absolute atomic E-state index is 0.0367. The molecule has 28 heavy (non-hydrogen) atoms. The van der Waals surface area contributed by atoms with Gasteiger partial charge in [0.1, 0.15) is 38.5 Å². The molecule has 0 spiro atoms. The van der Waals surface area contributed by atoms with Crippen LogP contribution < -0.4 is 0 Å². The Balaban J connectivity index is 4.84. The zero-order valence-electron chi connectivity index (χ0n) is 16.7. The highest BCUT2D eigenvalue weighted by Crippen LogP contribution is 2.08. The molecule has 160 valence electrons. The van der Waals surface area contributed by atoms with Crippen molar-refractivity contribution in [2.45, 2.75) is 38.3 Å². The largest absolute Gasteiger partial charge is 0.458 e. The van der Waals surface area contributed by atoms with Crippen molar-refractivity contribution in [3.63, 3.8) is 0 Å². The van der Waals surface area contributed by atoms with Crippen molar-refractivity contribution in [1.29, 1.82) is 0 Å². The van der Waals surface area contributed by atoms with E-state index < -0.39 is 36.4 Å². The topological polar surface area (TPSA) is 110 Å². The fraction of sp³-hybridized carbons (Fsp3) is 0.579. The minimum Gasteiger partial charge on any atom is -0.458 e. The third-order valence-electron chi connectivity index (χ3n) is 3.18. The first-order valence-electron chi connectivity index (χ1n) is 8.59. The summed E-state index contributed by atoms with van der Waals surface area (Å²) in [6, 6.07) is 0. The predicted octanol–water partition coefficient (Wildman–Crippen LogP) is 1.12. The second kappa shape index (κ2) is 16.0. The Bertz CT molecular complexity index is 514. The Kier molecular flexibility index (Phi) is 14.8. The van der Waals surface area contributed by atoms with Crippen LogP contribution in [0.4, 0.5) is 0 Å². The zero-order valence-corrected chi connectivity index (χ0v) is 16.7. The molecule has 0 aromatic carbocycles. The second-order valence-corrected chi connectivity index (χ2v) is 5.60. The van der Waals surface area contributed by atoms with E-state index in [1.807, 2.05) is 0 Å². The van der Waals surface area contributed by atoms with Crippen molar-refractivity contribution in [1.82, 2.24) is 0 Å². The molecule has 0 heterocycles. The molecule has 9 heteroatoms. The van der Waals surface area contributed by atoms with E-state index in [1.165, 1.54) is 45.4 Å². The average Bonchev–Trinajstić information content (AvgIpc) is 2.65. The van der Waals surface area contributed by atoms with Gasteiger partial charge >= 0.3 is 11.9 Å². The summed E-state index contributed by atoms with van der Waals surface area (Å²) < 4.78 is 30.3. The normalized spacial score (nSPS) is 15.9. The highest BCUT2D eigenvalue weighted by molar-refractivity contribution is 5.82. The second-order valence-electron chi connectivity index (χ2n) is 5.60. The number of carbonyl (C=O) groups is 2. The highest BCUT2D eigenvalue weighted by atomic mass is 16.7. The van der Waals surface area contributed by atoms with E-state index in [0.29, 0.717) is 0 Å². The van der Waals surface area contributed by atoms with Crippen LogP contribution in [0, 0.1) is 0 Å². The van der Waals surface area contributed by atoms with Crippen LogP contribution in [-0.2, 0) is 38.0 Å². The molecule has 0 fully saturated rings. The van der Waals surface area contributed by atoms with Gasteiger partial charge in [-0.1, -0.05) is 12.7 Å². The first-order chi connectivity index (χ1) is 13.3. The summed E-state index contributed by atoms with van der Waals surface area (Å²) in [5, 5.41) is 9.63. The summed E-state index contributed by atoms with van der Waals surface area (Å²) in [7, 11) is 2.88. The van der Waals surface area contributed by atoms with Gasteiger partial charge in [-0.15, -0.1) is 0 Å². The summed E-state index contributed by atoms with van der Waals surface area (Å²) in [4.78, 5) is 23.6. The summed E-state index contributed by atoms with van der Waals surface area (Å²) in [5.74, 6) is -1.26. The quantitative estimate of drug-likeness (QED) is 0.186. The molecule has 0 aromatic rings. The lowest BCUT2D eigenvalue weighted by atomic mass is 10.2. The van der Waals surface area contributed by atoms with Crippen LogP contribution >= 0.6 is 0 Å². The van der Waals surface area contributed by atoms with Crippen molar-refractivity contribution < 1.29 is 43.1 Å². The van der Waals surface area contributed by atoms with Crippen molar-refractivity contribution in [3.05, 3.63) is 37.0 Å². The first kappa shape index (κ1) is 26.0. The van der Waals surface area contributed by atoms with Gasteiger partial charge in [-0.2, -0.15) is 0 Å². The third-order valence-corrected chi connectivity index (χ3v) is 3.18. The van der Waals surface area contributed by atoms with Crippen molar-refractivity contribution in [2.24, 2.45) is 0 Å². The average molecular weight is 402 g/mol. The van der Waals surface area contributed by atoms with E-state index in [-0.39, 0.29) is 20.2 Å². The molecule has 0 bridgehead atoms. The number of methoxy groups -OCH3 is 2. The lowest BCUT2D eigenvalue weighted by Gasteiger charge is -2.21. The SMILES string of the molecule is C=CCOC(=O)/C=C/[C@@H](OCOC)[C@H](C)OC(=O)/C=C/[C@@H](OCOC)[C@H](C)O. The van der Waals surface area contributed by atoms with Gasteiger partial charge in [0.2, 0.25) is 0 Å². The summed E-state index contributed by atoms with van der Waals surface area (Å²) >= 11 is 0. The van der Waals surface area contributed by atoms with Gasteiger partial charge in [0.15, 0.2) is 0 Å². The van der Waals surface area contributed by atoms with E-state index in [4.69, 9.17) is 28.4 Å². The lowest BCUT2D eigenvalue weighted by molar-refractivity contribution is -0.153. The lowest BCUT2D eigenvalue weighted by Crippen LogP contribution is -2.30. The third kappa shape index (κ3) is 12.4. The van der Waals surface area contributed by atoms with Gasteiger partial charge in [-0.25, -0.2) is 9.59 Å². The van der Waals surface area contributed by atoms with Crippen LogP contribution in [0.1, 0.15) is 13.8 Å². The number of hydrogen-bond donors (Lipinski definition) is 1. The van der Waals surface area contributed by atoms with Crippen LogP contribution in [0.15, 0.2) is 37.0 Å². The van der Waals surface area contributed by atoms with Crippen LogP contribution in [0.3, 0.4) is 0 Å². The molecule has 0 aromatic heterocycles. The highest BCUT2D eigenvalue weighted by Gasteiger charge is 2.20. The van der Waals surface area contributed by atoms with Gasteiger partial charge in [0.05, 0.1) is 6.10 Å². The van der Waals surface area contributed by atoms with Crippen molar-refractivity contribution in [3.8, 4) is 0 Å². The molecule has 0 saturated carbocycles. The predicted molar refractivity (Wildman–Crippen MR) is 100 cm³/mol. The number of ether oxygens (including phenoxy) is 6. The molecule has 4 atom stereocenters. The van der Waals surface area contributed by atoms with E-state index >= 15 is 0 Å². The number of hydrogen-bond acceptors (Lipinski definition) is 9. The van der Waals surface area contributed by atoms with Gasteiger partial charge in [0, 0.05) is 26.4 Å². The maximum Gasteiger partial charge on any atom is 0.330 e. The number of aliphatic hydroxyl groups is 1. The Morgan fingerprint density at radius 1 is 0.964 bits per heavy atom. The maximum atomic E-state index is 12.0. The summed E-state index contributed by atoms with van der Waals surface area (Å²) in [6.07, 6.45) is 3.47. The molecule has 0 saturated heterocycles.